The van der Waals surface area contributed by atoms with Crippen LogP contribution in [0.25, 0.3) is 0 Å². The first-order chi connectivity index (χ1) is 9.03. The highest BCUT2D eigenvalue weighted by Gasteiger charge is 2.62. The summed E-state index contributed by atoms with van der Waals surface area (Å²) in [6.45, 7) is 3.26. The smallest absolute Gasteiger partial charge is 0.335 e. The minimum atomic E-state index is -0.986. The number of carbonyl (C=O) groups excluding carboxylic acids is 1. The monoisotopic (exact) mass is 267 g/mol. The summed E-state index contributed by atoms with van der Waals surface area (Å²) in [7, 11) is 1.35. The summed E-state index contributed by atoms with van der Waals surface area (Å²) >= 11 is 0. The van der Waals surface area contributed by atoms with Crippen molar-refractivity contribution in [3.8, 4) is 0 Å². The lowest BCUT2D eigenvalue weighted by molar-refractivity contribution is -0.158. The lowest BCUT2D eigenvalue weighted by Crippen LogP contribution is -2.58. The van der Waals surface area contributed by atoms with E-state index in [-0.39, 0.29) is 11.5 Å². The van der Waals surface area contributed by atoms with Crippen LogP contribution in [0, 0.1) is 17.3 Å². The van der Waals surface area contributed by atoms with E-state index < -0.39 is 12.1 Å². The number of hydrogen-bond acceptors (Lipinski definition) is 4. The van der Waals surface area contributed by atoms with Crippen LogP contribution >= 0.6 is 0 Å². The molecule has 0 aromatic heterocycles. The molecule has 2 saturated carbocycles. The number of carbonyl (C=O) groups is 1. The van der Waals surface area contributed by atoms with Crippen LogP contribution in [0.3, 0.4) is 0 Å². The maximum absolute atomic E-state index is 11.7. The molecule has 2 N–H and O–H groups in total. The Morgan fingerprint density at radius 3 is 2.89 bits per heavy atom. The summed E-state index contributed by atoms with van der Waals surface area (Å²) in [5.41, 5.74) is 0.325. The van der Waals surface area contributed by atoms with E-state index in [0.717, 1.165) is 19.4 Å². The van der Waals surface area contributed by atoms with E-state index in [0.29, 0.717) is 11.3 Å². The molecule has 0 unspecified atom stereocenters. The van der Waals surface area contributed by atoms with Gasteiger partial charge in [0.25, 0.3) is 0 Å². The number of hydrogen-bond donors (Lipinski definition) is 2. The molecule has 3 aliphatic rings. The molecule has 19 heavy (non-hydrogen) atoms. The molecule has 108 valence electrons. The van der Waals surface area contributed by atoms with Crippen LogP contribution in [0.5, 0.6) is 0 Å². The predicted molar refractivity (Wildman–Crippen MR) is 71.5 cm³/mol. The summed E-state index contributed by atoms with van der Waals surface area (Å²) in [5.74, 6) is 0.105. The Bertz CT molecular complexity index is 386. The van der Waals surface area contributed by atoms with Gasteiger partial charge in [0, 0.05) is 18.0 Å². The summed E-state index contributed by atoms with van der Waals surface area (Å²) in [4.78, 5) is 11.7. The molecule has 4 heteroatoms. The second-order valence-corrected chi connectivity index (χ2v) is 6.91. The van der Waals surface area contributed by atoms with Crippen molar-refractivity contribution < 1.29 is 14.6 Å². The molecular formula is C15H25NO3. The quantitative estimate of drug-likeness (QED) is 0.744. The maximum atomic E-state index is 11.7. The lowest BCUT2D eigenvalue weighted by atomic mass is 9.53. The van der Waals surface area contributed by atoms with Crippen LogP contribution in [0.15, 0.2) is 0 Å². The number of aliphatic hydroxyl groups is 1. The Morgan fingerprint density at radius 1 is 1.37 bits per heavy atom. The maximum Gasteiger partial charge on any atom is 0.335 e. The van der Waals surface area contributed by atoms with E-state index in [4.69, 9.17) is 4.74 Å². The van der Waals surface area contributed by atoms with Gasteiger partial charge in [0.1, 0.15) is 0 Å². The summed E-state index contributed by atoms with van der Waals surface area (Å²) in [6, 6.07) is 0. The molecule has 0 radical (unpaired) electrons. The van der Waals surface area contributed by atoms with Gasteiger partial charge in [0.15, 0.2) is 6.10 Å². The van der Waals surface area contributed by atoms with Crippen molar-refractivity contribution in [3.05, 3.63) is 0 Å². The third-order valence-corrected chi connectivity index (χ3v) is 6.25. The SMILES string of the molecule is COC(=O)[C@@H](O)[C@H]1CC[C@]23CCCC[C@@H]2[C@@]1(C)NC3. The molecule has 3 rings (SSSR count). The van der Waals surface area contributed by atoms with Gasteiger partial charge < -0.3 is 15.2 Å². The zero-order chi connectivity index (χ0) is 13.7. The van der Waals surface area contributed by atoms with Crippen LogP contribution in [0.1, 0.15) is 45.4 Å². The van der Waals surface area contributed by atoms with Crippen molar-refractivity contribution in [1.82, 2.24) is 5.32 Å². The van der Waals surface area contributed by atoms with Crippen LogP contribution in [0.4, 0.5) is 0 Å². The lowest BCUT2D eigenvalue weighted by Gasteiger charge is -2.52. The fourth-order valence-corrected chi connectivity index (χ4v) is 5.23. The topological polar surface area (TPSA) is 58.6 Å². The molecule has 2 bridgehead atoms. The number of methoxy groups -OCH3 is 1. The fourth-order valence-electron chi connectivity index (χ4n) is 5.23. The second kappa shape index (κ2) is 4.45. The molecule has 1 heterocycles. The number of aliphatic hydroxyl groups excluding tert-OH is 1. The predicted octanol–water partition coefficient (Wildman–Crippen LogP) is 1.47. The van der Waals surface area contributed by atoms with Crippen molar-refractivity contribution in [1.29, 1.82) is 0 Å². The zero-order valence-corrected chi connectivity index (χ0v) is 11.9. The molecule has 0 spiro atoms. The molecule has 0 aromatic rings. The normalized spacial score (nSPS) is 46.5. The highest BCUT2D eigenvalue weighted by Crippen LogP contribution is 2.60. The van der Waals surface area contributed by atoms with E-state index >= 15 is 0 Å². The zero-order valence-electron chi connectivity index (χ0n) is 11.9. The highest BCUT2D eigenvalue weighted by atomic mass is 16.5. The first kappa shape index (κ1) is 13.4. The molecule has 5 atom stereocenters. The Balaban J connectivity index is 1.88. The highest BCUT2D eigenvalue weighted by molar-refractivity contribution is 5.75. The largest absolute Gasteiger partial charge is 0.467 e. The average molecular weight is 267 g/mol. The Labute approximate surface area is 114 Å². The van der Waals surface area contributed by atoms with Gasteiger partial charge in [0.2, 0.25) is 0 Å². The van der Waals surface area contributed by atoms with Gasteiger partial charge in [-0.1, -0.05) is 12.8 Å². The molecule has 1 aliphatic heterocycles. The minimum Gasteiger partial charge on any atom is -0.467 e. The van der Waals surface area contributed by atoms with E-state index in [1.807, 2.05) is 0 Å². The molecule has 2 aliphatic carbocycles. The van der Waals surface area contributed by atoms with Crippen LogP contribution in [0.2, 0.25) is 0 Å². The van der Waals surface area contributed by atoms with Gasteiger partial charge in [-0.25, -0.2) is 4.79 Å². The molecule has 1 saturated heterocycles. The molecule has 3 fully saturated rings. The summed E-state index contributed by atoms with van der Waals surface area (Å²) < 4.78 is 4.73. The summed E-state index contributed by atoms with van der Waals surface area (Å²) in [6.07, 6.45) is 6.23. The van der Waals surface area contributed by atoms with E-state index in [1.54, 1.807) is 0 Å². The van der Waals surface area contributed by atoms with Crippen molar-refractivity contribution in [3.63, 3.8) is 0 Å². The minimum absolute atomic E-state index is 0.0151. The van der Waals surface area contributed by atoms with Gasteiger partial charge in [-0.3, -0.25) is 0 Å². The second-order valence-electron chi connectivity index (χ2n) is 6.91. The van der Waals surface area contributed by atoms with Crippen molar-refractivity contribution >= 4 is 5.97 Å². The molecule has 0 amide bonds. The Hall–Kier alpha value is -0.610. The third-order valence-electron chi connectivity index (χ3n) is 6.25. The fraction of sp³-hybridized carbons (Fsp3) is 0.933. The Kier molecular flexibility index (Phi) is 3.13. The standard InChI is InChI=1S/C15H25NO3/c1-14-10(12(17)13(18)19-2)6-8-15(9-16-14)7-4-3-5-11(14)15/h10-12,16-17H,3-9H2,1-2H3/t10-,11-,12+,14+,15+/m1/s1. The van der Waals surface area contributed by atoms with E-state index in [2.05, 4.69) is 12.2 Å². The van der Waals surface area contributed by atoms with Gasteiger partial charge in [0.05, 0.1) is 7.11 Å². The number of nitrogens with one attached hydrogen (secondary N) is 1. The average Bonchev–Trinajstić information content (AvgIpc) is 2.65. The molecule has 0 aromatic carbocycles. The Morgan fingerprint density at radius 2 is 2.16 bits per heavy atom. The van der Waals surface area contributed by atoms with Gasteiger partial charge in [-0.2, -0.15) is 0 Å². The van der Waals surface area contributed by atoms with E-state index in [1.165, 1.54) is 32.8 Å². The van der Waals surface area contributed by atoms with Gasteiger partial charge in [-0.15, -0.1) is 0 Å². The summed E-state index contributed by atoms with van der Waals surface area (Å²) in [5, 5.41) is 14.0. The molecular weight excluding hydrogens is 242 g/mol. The molecule has 4 nitrogen and oxygen atoms in total. The van der Waals surface area contributed by atoms with Crippen molar-refractivity contribution in [2.45, 2.75) is 57.1 Å². The van der Waals surface area contributed by atoms with Crippen LogP contribution in [-0.4, -0.2) is 36.4 Å². The van der Waals surface area contributed by atoms with Crippen LogP contribution < -0.4 is 5.32 Å². The number of rotatable bonds is 2. The number of esters is 1. The van der Waals surface area contributed by atoms with Gasteiger partial charge in [-0.05, 0) is 43.9 Å². The first-order valence-corrected chi connectivity index (χ1v) is 7.54. The van der Waals surface area contributed by atoms with Crippen LogP contribution in [-0.2, 0) is 9.53 Å². The number of ether oxygens (including phenoxy) is 1. The van der Waals surface area contributed by atoms with Gasteiger partial charge >= 0.3 is 5.97 Å². The first-order valence-electron chi connectivity index (χ1n) is 7.54. The van der Waals surface area contributed by atoms with Crippen molar-refractivity contribution in [2.75, 3.05) is 13.7 Å². The van der Waals surface area contributed by atoms with E-state index in [9.17, 15) is 9.90 Å². The van der Waals surface area contributed by atoms with Crippen molar-refractivity contribution in [2.24, 2.45) is 17.3 Å². The third kappa shape index (κ3) is 1.76.